The van der Waals surface area contributed by atoms with Gasteiger partial charge < -0.3 is 9.15 Å². The van der Waals surface area contributed by atoms with Crippen molar-refractivity contribution in [2.75, 3.05) is 11.9 Å². The van der Waals surface area contributed by atoms with Crippen molar-refractivity contribution in [2.24, 2.45) is 0 Å². The molecule has 7 nitrogen and oxygen atoms in total. The molecule has 192 valence electrons. The van der Waals surface area contributed by atoms with E-state index in [9.17, 15) is 9.59 Å². The predicted octanol–water partition coefficient (Wildman–Crippen LogP) is 7.87. The molecule has 0 aliphatic heterocycles. The normalized spacial score (nSPS) is 11.1. The summed E-state index contributed by atoms with van der Waals surface area (Å²) in [7, 11) is 0. The summed E-state index contributed by atoms with van der Waals surface area (Å²) in [6.07, 6.45) is 0. The van der Waals surface area contributed by atoms with E-state index in [1.165, 1.54) is 11.3 Å². The van der Waals surface area contributed by atoms with Gasteiger partial charge in [0.25, 0.3) is 5.91 Å². The van der Waals surface area contributed by atoms with Gasteiger partial charge in [-0.3, -0.25) is 10.1 Å². The quantitative estimate of drug-likeness (QED) is 0.204. The Balaban J connectivity index is 1.19. The second kappa shape index (κ2) is 10.5. The first kappa shape index (κ1) is 25.1. The van der Waals surface area contributed by atoms with Crippen LogP contribution >= 0.6 is 34.5 Å². The Bertz CT molecular complexity index is 1840. The lowest BCUT2D eigenvalue weighted by molar-refractivity contribution is -0.119. The van der Waals surface area contributed by atoms with Crippen LogP contribution < -0.4 is 5.32 Å². The fourth-order valence-corrected chi connectivity index (χ4v) is 5.19. The van der Waals surface area contributed by atoms with Gasteiger partial charge in [0.2, 0.25) is 5.89 Å². The van der Waals surface area contributed by atoms with Crippen molar-refractivity contribution in [1.82, 2.24) is 9.97 Å². The maximum absolute atomic E-state index is 13.1. The number of halogens is 2. The number of hydrogen-bond donors (Lipinski definition) is 1. The monoisotopic (exact) mass is 573 g/mol. The number of thiazole rings is 1. The largest absolute Gasteiger partial charge is 0.452 e. The highest BCUT2D eigenvalue weighted by atomic mass is 35.5. The number of ether oxygens (including phenoxy) is 1. The Labute approximate surface area is 236 Å². The summed E-state index contributed by atoms with van der Waals surface area (Å²) < 4.78 is 11.3. The highest BCUT2D eigenvalue weighted by Gasteiger charge is 2.19. The van der Waals surface area contributed by atoms with Gasteiger partial charge in [-0.25, -0.2) is 14.8 Å². The molecule has 0 radical (unpaired) electrons. The maximum atomic E-state index is 13.1. The number of fused-ring (bicyclic) bond motifs is 2. The topological polar surface area (TPSA) is 94.3 Å². The molecule has 0 saturated heterocycles. The number of esters is 1. The van der Waals surface area contributed by atoms with Crippen molar-refractivity contribution in [2.45, 2.75) is 0 Å². The lowest BCUT2D eigenvalue weighted by atomic mass is 9.99. The van der Waals surface area contributed by atoms with Crippen molar-refractivity contribution in [3.63, 3.8) is 0 Å². The van der Waals surface area contributed by atoms with Crippen molar-refractivity contribution < 1.29 is 18.7 Å². The minimum atomic E-state index is -0.644. The van der Waals surface area contributed by atoms with Crippen LogP contribution in [-0.2, 0) is 9.53 Å². The van der Waals surface area contributed by atoms with Crippen molar-refractivity contribution >= 4 is 73.4 Å². The average molecular weight is 574 g/mol. The van der Waals surface area contributed by atoms with E-state index in [1.54, 1.807) is 35.7 Å². The number of amides is 1. The van der Waals surface area contributed by atoms with E-state index in [0.717, 1.165) is 10.9 Å². The highest BCUT2D eigenvalue weighted by molar-refractivity contribution is 7.14. The average Bonchev–Trinajstić information content (AvgIpc) is 3.60. The van der Waals surface area contributed by atoms with Crippen LogP contribution in [0.2, 0.25) is 10.0 Å². The lowest BCUT2D eigenvalue weighted by Crippen LogP contribution is -2.21. The number of nitrogens with zero attached hydrogens (tertiary/aromatic N) is 2. The molecule has 1 amide bonds. The van der Waals surface area contributed by atoms with Crippen LogP contribution in [-0.4, -0.2) is 28.5 Å². The van der Waals surface area contributed by atoms with Gasteiger partial charge in [-0.05, 0) is 41.8 Å². The van der Waals surface area contributed by atoms with E-state index in [-0.39, 0.29) is 0 Å². The van der Waals surface area contributed by atoms with Crippen LogP contribution in [0.4, 0.5) is 5.13 Å². The van der Waals surface area contributed by atoms with E-state index in [2.05, 4.69) is 15.3 Å². The molecule has 0 aliphatic rings. The standard InChI is InChI=1S/C29H17Cl2N3O4S/c30-20-12-11-17(13-21(20)31)23-15-39-29(33-23)34-25(35)14-37-28(36)19-8-4-6-16-5-3-7-18(26(16)19)27-32-22-9-1-2-10-24(22)38-27/h1-13,15H,14H2,(H,33,34,35). The molecular formula is C29H17Cl2N3O4S. The van der Waals surface area contributed by atoms with E-state index >= 15 is 0 Å². The zero-order chi connectivity index (χ0) is 26.9. The van der Waals surface area contributed by atoms with Crippen LogP contribution in [0.25, 0.3) is 44.6 Å². The molecule has 2 aromatic heterocycles. The van der Waals surface area contributed by atoms with Gasteiger partial charge in [-0.15, -0.1) is 11.3 Å². The van der Waals surface area contributed by atoms with Crippen molar-refractivity contribution in [3.05, 3.63) is 99.9 Å². The minimum absolute atomic E-state index is 0.300. The molecule has 39 heavy (non-hydrogen) atoms. The zero-order valence-corrected chi connectivity index (χ0v) is 22.3. The summed E-state index contributed by atoms with van der Waals surface area (Å²) in [4.78, 5) is 34.7. The molecule has 10 heteroatoms. The van der Waals surface area contributed by atoms with Gasteiger partial charge in [-0.1, -0.05) is 65.7 Å². The number of anilines is 1. The van der Waals surface area contributed by atoms with Gasteiger partial charge in [0.05, 0.1) is 21.3 Å². The van der Waals surface area contributed by atoms with E-state index in [4.69, 9.17) is 32.4 Å². The summed E-state index contributed by atoms with van der Waals surface area (Å²) in [6.45, 7) is -0.484. The third-order valence-corrected chi connectivity index (χ3v) is 7.45. The Kier molecular flexibility index (Phi) is 6.74. The van der Waals surface area contributed by atoms with Crippen LogP contribution in [0.1, 0.15) is 10.4 Å². The first-order valence-corrected chi connectivity index (χ1v) is 13.4. The zero-order valence-electron chi connectivity index (χ0n) is 20.0. The second-order valence-corrected chi connectivity index (χ2v) is 10.2. The van der Waals surface area contributed by atoms with E-state index in [1.807, 2.05) is 48.5 Å². The fourth-order valence-electron chi connectivity index (χ4n) is 4.16. The molecule has 2 heterocycles. The van der Waals surface area contributed by atoms with Gasteiger partial charge >= 0.3 is 5.97 Å². The Morgan fingerprint density at radius 2 is 1.74 bits per heavy atom. The van der Waals surface area contributed by atoms with E-state index < -0.39 is 18.5 Å². The van der Waals surface area contributed by atoms with Crippen molar-refractivity contribution in [1.29, 1.82) is 0 Å². The van der Waals surface area contributed by atoms with Gasteiger partial charge in [0.1, 0.15) is 5.52 Å². The Morgan fingerprint density at radius 1 is 0.923 bits per heavy atom. The summed E-state index contributed by atoms with van der Waals surface area (Å²) >= 11 is 13.3. The van der Waals surface area contributed by atoms with Crippen LogP contribution in [0.15, 0.2) is 88.7 Å². The molecule has 0 fully saturated rings. The number of aromatic nitrogens is 2. The summed E-state index contributed by atoms with van der Waals surface area (Å²) in [6, 6.07) is 23.5. The summed E-state index contributed by atoms with van der Waals surface area (Å²) in [5.74, 6) is -0.769. The molecule has 1 N–H and O–H groups in total. The Hall–Kier alpha value is -4.24. The third-order valence-electron chi connectivity index (χ3n) is 5.95. The summed E-state index contributed by atoms with van der Waals surface area (Å²) in [5.41, 5.74) is 3.70. The van der Waals surface area contributed by atoms with Crippen LogP contribution in [0.3, 0.4) is 0 Å². The maximum Gasteiger partial charge on any atom is 0.339 e. The van der Waals surface area contributed by atoms with E-state index in [0.29, 0.717) is 54.4 Å². The number of oxazole rings is 1. The third kappa shape index (κ3) is 5.09. The molecular weight excluding hydrogens is 557 g/mol. The number of para-hydroxylation sites is 2. The molecule has 4 aromatic carbocycles. The number of hydrogen-bond acceptors (Lipinski definition) is 7. The molecule has 0 saturated carbocycles. The molecule has 0 atom stereocenters. The fraction of sp³-hybridized carbons (Fsp3) is 0.0345. The number of carbonyl (C=O) groups is 2. The number of benzene rings is 4. The summed E-state index contributed by atoms with van der Waals surface area (Å²) in [5, 5.41) is 7.10. The number of rotatable bonds is 6. The highest BCUT2D eigenvalue weighted by Crippen LogP contribution is 2.33. The SMILES string of the molecule is O=C(COC(=O)c1cccc2cccc(-c3nc4ccccc4o3)c12)Nc1nc(-c2ccc(Cl)c(Cl)c2)cs1. The number of nitrogens with one attached hydrogen (secondary N) is 1. The first-order chi connectivity index (χ1) is 19.0. The number of carbonyl (C=O) groups excluding carboxylic acids is 2. The molecule has 0 spiro atoms. The van der Waals surface area contributed by atoms with Gasteiger partial charge in [0, 0.05) is 21.9 Å². The minimum Gasteiger partial charge on any atom is -0.452 e. The molecule has 0 aliphatic carbocycles. The van der Waals surface area contributed by atoms with Gasteiger partial charge in [0.15, 0.2) is 17.3 Å². The smallest absolute Gasteiger partial charge is 0.339 e. The molecule has 6 rings (SSSR count). The Morgan fingerprint density at radius 3 is 2.56 bits per heavy atom. The molecule has 6 aromatic rings. The molecule has 0 bridgehead atoms. The van der Waals surface area contributed by atoms with Gasteiger partial charge in [-0.2, -0.15) is 0 Å². The second-order valence-electron chi connectivity index (χ2n) is 8.49. The van der Waals surface area contributed by atoms with Crippen molar-refractivity contribution in [3.8, 4) is 22.7 Å². The first-order valence-electron chi connectivity index (χ1n) is 11.7. The predicted molar refractivity (Wildman–Crippen MR) is 153 cm³/mol. The lowest BCUT2D eigenvalue weighted by Gasteiger charge is -2.10. The van der Waals surface area contributed by atoms with Crippen LogP contribution in [0, 0.1) is 0 Å². The molecule has 0 unspecified atom stereocenters. The van der Waals surface area contributed by atoms with Crippen LogP contribution in [0.5, 0.6) is 0 Å².